The number of carbonyl (C=O) groups excluding carboxylic acids is 3. The average molecular weight is 777 g/mol. The van der Waals surface area contributed by atoms with Gasteiger partial charge < -0.3 is 20.1 Å². The Bertz CT molecular complexity index is 1930. The maximum absolute atomic E-state index is 12.8. The van der Waals surface area contributed by atoms with Crippen LogP contribution in [0.15, 0.2) is 95.8 Å². The van der Waals surface area contributed by atoms with Crippen LogP contribution in [0, 0.1) is 0 Å². The molecule has 8 nitrogen and oxygen atoms in total. The van der Waals surface area contributed by atoms with Crippen molar-refractivity contribution in [2.75, 3.05) is 25.0 Å². The van der Waals surface area contributed by atoms with Crippen LogP contribution in [0.5, 0.6) is 0 Å². The van der Waals surface area contributed by atoms with Gasteiger partial charge in [-0.2, -0.15) is 4.58 Å². The van der Waals surface area contributed by atoms with Crippen molar-refractivity contribution in [3.8, 4) is 0 Å². The number of esters is 1. The molecule has 0 spiro atoms. The Labute approximate surface area is 341 Å². The van der Waals surface area contributed by atoms with Gasteiger partial charge in [-0.25, -0.2) is 4.79 Å². The van der Waals surface area contributed by atoms with E-state index in [0.717, 1.165) is 70.8 Å². The fourth-order valence-corrected chi connectivity index (χ4v) is 8.57. The highest BCUT2D eigenvalue weighted by Gasteiger charge is 2.42. The first-order valence-electron chi connectivity index (χ1n) is 21.3. The molecule has 0 saturated heterocycles. The van der Waals surface area contributed by atoms with Gasteiger partial charge in [0.15, 0.2) is 11.8 Å². The summed E-state index contributed by atoms with van der Waals surface area (Å²) >= 11 is 0. The molecule has 1 amide bonds. The van der Waals surface area contributed by atoms with E-state index in [1.54, 1.807) is 0 Å². The quantitative estimate of drug-likeness (QED) is 0.0839. The van der Waals surface area contributed by atoms with Crippen LogP contribution in [0.2, 0.25) is 0 Å². The molecule has 57 heavy (non-hydrogen) atoms. The fraction of sp³-hybridized carbons (Fsp3) is 0.510. The van der Waals surface area contributed by atoms with Gasteiger partial charge in [0.25, 0.3) is 5.91 Å². The van der Waals surface area contributed by atoms with Crippen molar-refractivity contribution < 1.29 is 28.8 Å². The summed E-state index contributed by atoms with van der Waals surface area (Å²) < 4.78 is 7.25. The zero-order valence-corrected chi connectivity index (χ0v) is 35.5. The van der Waals surface area contributed by atoms with Gasteiger partial charge in [0.05, 0.1) is 5.41 Å². The maximum atomic E-state index is 12.8. The number of carbonyl (C=O) groups is 3. The summed E-state index contributed by atoms with van der Waals surface area (Å²) in [5.74, 6) is -0.835. The Balaban J connectivity index is 1.09. The molecule has 3 aliphatic rings. The number of para-hydroxylation sites is 2. The van der Waals surface area contributed by atoms with E-state index in [1.165, 1.54) is 58.9 Å². The van der Waals surface area contributed by atoms with Crippen LogP contribution < -0.4 is 10.2 Å². The number of fused-ring (bicyclic) bond motifs is 2. The summed E-state index contributed by atoms with van der Waals surface area (Å²) in [6.45, 7) is 13.5. The van der Waals surface area contributed by atoms with Crippen LogP contribution in [-0.4, -0.2) is 65.4 Å². The largest absolute Gasteiger partial charge is 0.451 e. The van der Waals surface area contributed by atoms with Crippen molar-refractivity contribution in [2.45, 2.75) is 142 Å². The van der Waals surface area contributed by atoms with Gasteiger partial charge in [0.2, 0.25) is 5.69 Å². The molecule has 2 aliphatic heterocycles. The van der Waals surface area contributed by atoms with E-state index in [-0.39, 0.29) is 16.7 Å². The molecule has 0 bridgehead atoms. The van der Waals surface area contributed by atoms with Crippen molar-refractivity contribution in [2.24, 2.45) is 0 Å². The number of Topliss-reactive ketones (excluding diaryl/α,β-unsaturated/α-hetero) is 1. The van der Waals surface area contributed by atoms with E-state index in [1.807, 2.05) is 0 Å². The standard InChI is InChI=1S/C49H65N3O5/c1-35(53)47(56)57-36(2)46(55)50-32-17-10-8-9-11-22-39(54)23-16-18-33-52-43-27-15-13-25-41(43)49(5,6)45(52)31-29-38-21-19-20-37(34-38)28-30-44-48(3,4)40-24-12-14-26-42(40)51(44)7/h12-15,24-31,34-36,53H,8-11,16-23,32-33H2,1-7H3/p+1. The summed E-state index contributed by atoms with van der Waals surface area (Å²) in [4.78, 5) is 38.8. The first kappa shape index (κ1) is 43.6. The second kappa shape index (κ2) is 19.7. The Hall–Kier alpha value is -4.56. The smallest absolute Gasteiger partial charge is 0.335 e. The molecule has 2 atom stereocenters. The van der Waals surface area contributed by atoms with Gasteiger partial charge in [-0.15, -0.1) is 0 Å². The van der Waals surface area contributed by atoms with Crippen molar-refractivity contribution >= 4 is 34.7 Å². The number of hydrogen-bond donors (Lipinski definition) is 2. The maximum Gasteiger partial charge on any atom is 0.335 e. The van der Waals surface area contributed by atoms with Crippen LogP contribution in [0.3, 0.4) is 0 Å². The third-order valence-corrected chi connectivity index (χ3v) is 12.0. The molecule has 5 rings (SSSR count). The summed E-state index contributed by atoms with van der Waals surface area (Å²) in [6, 6.07) is 17.5. The molecule has 0 radical (unpaired) electrons. The third kappa shape index (κ3) is 10.9. The minimum Gasteiger partial charge on any atom is -0.451 e. The molecule has 306 valence electrons. The number of aliphatic hydroxyl groups is 1. The van der Waals surface area contributed by atoms with Gasteiger partial charge in [0, 0.05) is 60.4 Å². The lowest BCUT2D eigenvalue weighted by Gasteiger charge is -2.27. The number of rotatable bonds is 19. The summed E-state index contributed by atoms with van der Waals surface area (Å²) in [7, 11) is 2.18. The molecule has 2 unspecified atom stereocenters. The fourth-order valence-electron chi connectivity index (χ4n) is 8.57. The van der Waals surface area contributed by atoms with Gasteiger partial charge in [0.1, 0.15) is 18.9 Å². The first-order chi connectivity index (χ1) is 27.2. The molecule has 1 aliphatic carbocycles. The van der Waals surface area contributed by atoms with E-state index in [9.17, 15) is 19.5 Å². The molecule has 0 aromatic heterocycles. The van der Waals surface area contributed by atoms with Gasteiger partial charge in [-0.3, -0.25) is 9.59 Å². The van der Waals surface area contributed by atoms with Crippen molar-refractivity contribution in [3.05, 3.63) is 107 Å². The van der Waals surface area contributed by atoms with Crippen LogP contribution in [0.25, 0.3) is 0 Å². The molecule has 0 fully saturated rings. The molecule has 2 heterocycles. The normalized spacial score (nSPS) is 19.4. The summed E-state index contributed by atoms with van der Waals surface area (Å²) in [5.41, 5.74) is 10.5. The van der Waals surface area contributed by atoms with Crippen molar-refractivity contribution in [3.63, 3.8) is 0 Å². The number of aliphatic hydroxyl groups excluding tert-OH is 1. The minimum atomic E-state index is -1.25. The predicted molar refractivity (Wildman–Crippen MR) is 231 cm³/mol. The number of nitrogens with one attached hydrogen (secondary N) is 1. The molecular weight excluding hydrogens is 711 g/mol. The highest BCUT2D eigenvalue weighted by molar-refractivity contribution is 6.03. The van der Waals surface area contributed by atoms with Gasteiger partial charge >= 0.3 is 5.97 Å². The number of ether oxygens (including phenoxy) is 1. The molecule has 2 N–H and O–H groups in total. The number of unbranched alkanes of at least 4 members (excludes halogenated alkanes) is 5. The molecule has 8 heteroatoms. The summed E-state index contributed by atoms with van der Waals surface area (Å²) in [6.07, 6.45) is 20.6. The zero-order valence-electron chi connectivity index (χ0n) is 35.5. The molecule has 0 saturated carbocycles. The van der Waals surface area contributed by atoms with E-state index in [2.05, 4.69) is 128 Å². The second-order valence-corrected chi connectivity index (χ2v) is 17.1. The summed E-state index contributed by atoms with van der Waals surface area (Å²) in [5, 5.41) is 12.0. The lowest BCUT2D eigenvalue weighted by molar-refractivity contribution is -0.401. The Morgan fingerprint density at radius 2 is 1.51 bits per heavy atom. The van der Waals surface area contributed by atoms with E-state index < -0.39 is 18.2 Å². The SMILES string of the molecule is CC(O)C(=O)OC(C)C(=O)NCCCCCCCC(=O)CCCCN1C(=CC=C2C=C(C=CC3=[N+](C)c4ccccc4C3(C)C)CCC2)C(C)(C)c2ccccc21. The number of amides is 1. The molecule has 2 aromatic carbocycles. The predicted octanol–water partition coefficient (Wildman–Crippen LogP) is 9.48. The Morgan fingerprint density at radius 1 is 0.842 bits per heavy atom. The molecule has 2 aromatic rings. The highest BCUT2D eigenvalue weighted by atomic mass is 16.6. The Kier molecular flexibility index (Phi) is 15.1. The third-order valence-electron chi connectivity index (χ3n) is 12.0. The van der Waals surface area contributed by atoms with E-state index in [4.69, 9.17) is 4.74 Å². The van der Waals surface area contributed by atoms with Crippen LogP contribution in [-0.2, 0) is 30.0 Å². The van der Waals surface area contributed by atoms with Crippen LogP contribution >= 0.6 is 0 Å². The lowest BCUT2D eigenvalue weighted by Crippen LogP contribution is -2.38. The first-order valence-corrected chi connectivity index (χ1v) is 21.3. The highest BCUT2D eigenvalue weighted by Crippen LogP contribution is 2.48. The van der Waals surface area contributed by atoms with E-state index >= 15 is 0 Å². The average Bonchev–Trinajstić information content (AvgIpc) is 3.52. The van der Waals surface area contributed by atoms with Crippen LogP contribution in [0.1, 0.15) is 130 Å². The number of benzene rings is 2. The van der Waals surface area contributed by atoms with Crippen molar-refractivity contribution in [1.29, 1.82) is 0 Å². The molecular formula is C49H66N3O5+. The van der Waals surface area contributed by atoms with Gasteiger partial charge in [-0.05, 0) is 101 Å². The van der Waals surface area contributed by atoms with Crippen LogP contribution in [0.4, 0.5) is 11.4 Å². The topological polar surface area (TPSA) is 98.9 Å². The monoisotopic (exact) mass is 776 g/mol. The Morgan fingerprint density at radius 3 is 2.25 bits per heavy atom. The lowest BCUT2D eigenvalue weighted by atomic mass is 9.81. The number of ketones is 1. The van der Waals surface area contributed by atoms with E-state index in [0.29, 0.717) is 25.2 Å². The zero-order chi connectivity index (χ0) is 41.2. The number of allylic oxidation sites excluding steroid dienone is 8. The number of hydrogen-bond acceptors (Lipinski definition) is 6. The minimum absolute atomic E-state index is 0.0340. The van der Waals surface area contributed by atoms with Gasteiger partial charge in [-0.1, -0.05) is 87.7 Å². The number of nitrogens with zero attached hydrogens (tertiary/aromatic N) is 2. The van der Waals surface area contributed by atoms with Crippen molar-refractivity contribution in [1.82, 2.24) is 5.32 Å². The second-order valence-electron chi connectivity index (χ2n) is 17.1. The number of anilines is 1.